The molecule has 0 unspecified atom stereocenters. The van der Waals surface area contributed by atoms with Crippen LogP contribution in [0.2, 0.25) is 0 Å². The highest BCUT2D eigenvalue weighted by atomic mass is 16.3. The number of aryl methyl sites for hydroxylation is 1. The second-order valence-electron chi connectivity index (χ2n) is 7.13. The van der Waals surface area contributed by atoms with Crippen molar-refractivity contribution in [2.75, 3.05) is 13.1 Å². The van der Waals surface area contributed by atoms with Gasteiger partial charge in [-0.25, -0.2) is 0 Å². The summed E-state index contributed by atoms with van der Waals surface area (Å²) in [5.74, 6) is 0.0493. The molecule has 6 nitrogen and oxygen atoms in total. The molecule has 1 aromatic rings. The van der Waals surface area contributed by atoms with Gasteiger partial charge in [-0.2, -0.15) is 5.10 Å². The Morgan fingerprint density at radius 2 is 2.00 bits per heavy atom. The van der Waals surface area contributed by atoms with Crippen LogP contribution in [-0.2, 0) is 11.3 Å². The van der Waals surface area contributed by atoms with Gasteiger partial charge in [-0.05, 0) is 51.3 Å². The molecule has 3 atom stereocenters. The Hall–Kier alpha value is -1.40. The van der Waals surface area contributed by atoms with Crippen LogP contribution >= 0.6 is 0 Å². The lowest BCUT2D eigenvalue weighted by Crippen LogP contribution is -2.52. The minimum Gasteiger partial charge on any atom is -0.389 e. The molecule has 0 bridgehead atoms. The minimum absolute atomic E-state index is 0.0493. The van der Waals surface area contributed by atoms with Crippen molar-refractivity contribution >= 4 is 5.91 Å². The van der Waals surface area contributed by atoms with Crippen LogP contribution in [0.3, 0.4) is 0 Å². The van der Waals surface area contributed by atoms with Crippen LogP contribution in [0.1, 0.15) is 51.4 Å². The van der Waals surface area contributed by atoms with Gasteiger partial charge in [-0.3, -0.25) is 14.4 Å². The van der Waals surface area contributed by atoms with Crippen molar-refractivity contribution in [1.29, 1.82) is 0 Å². The number of aromatic nitrogens is 2. The number of aliphatic hydroxyl groups excluding tert-OH is 1. The lowest BCUT2D eigenvalue weighted by atomic mass is 10.00. The van der Waals surface area contributed by atoms with Gasteiger partial charge < -0.3 is 10.4 Å². The van der Waals surface area contributed by atoms with E-state index >= 15 is 0 Å². The number of hydrogen-bond donors (Lipinski definition) is 2. The number of amides is 1. The SMILES string of the molecule is O=C(CCCn1cccn1)N[C@@H]1CCCC[C@@H](N2CCCC2)[C@@H]1O. The van der Waals surface area contributed by atoms with Crippen molar-refractivity contribution < 1.29 is 9.90 Å². The van der Waals surface area contributed by atoms with Gasteiger partial charge in [0.15, 0.2) is 0 Å². The molecule has 3 rings (SSSR count). The minimum atomic E-state index is -0.444. The first-order chi connectivity index (χ1) is 11.7. The van der Waals surface area contributed by atoms with Crippen molar-refractivity contribution in [2.24, 2.45) is 0 Å². The van der Waals surface area contributed by atoms with Gasteiger partial charge in [0.2, 0.25) is 5.91 Å². The second kappa shape index (κ2) is 8.62. The molecule has 2 fully saturated rings. The lowest BCUT2D eigenvalue weighted by molar-refractivity contribution is -0.123. The smallest absolute Gasteiger partial charge is 0.220 e. The normalized spacial score (nSPS) is 28.6. The summed E-state index contributed by atoms with van der Waals surface area (Å²) in [7, 11) is 0. The van der Waals surface area contributed by atoms with Crippen LogP contribution in [0.4, 0.5) is 0 Å². The first kappa shape index (κ1) is 17.4. The summed E-state index contributed by atoms with van der Waals surface area (Å²) in [6.45, 7) is 2.93. The van der Waals surface area contributed by atoms with E-state index in [9.17, 15) is 9.90 Å². The summed E-state index contributed by atoms with van der Waals surface area (Å²) in [4.78, 5) is 14.7. The number of rotatable bonds is 6. The monoisotopic (exact) mass is 334 g/mol. The molecule has 0 spiro atoms. The number of likely N-dealkylation sites (tertiary alicyclic amines) is 1. The van der Waals surface area contributed by atoms with Crippen LogP contribution < -0.4 is 5.32 Å². The number of aliphatic hydroxyl groups is 1. The number of hydrogen-bond acceptors (Lipinski definition) is 4. The Morgan fingerprint density at radius 3 is 2.75 bits per heavy atom. The van der Waals surface area contributed by atoms with Gasteiger partial charge in [0.1, 0.15) is 0 Å². The molecule has 2 heterocycles. The van der Waals surface area contributed by atoms with Gasteiger partial charge in [0, 0.05) is 31.4 Å². The zero-order valence-electron chi connectivity index (χ0n) is 14.4. The Balaban J connectivity index is 1.47. The molecule has 2 aliphatic rings. The van der Waals surface area contributed by atoms with E-state index in [0.29, 0.717) is 6.42 Å². The molecule has 134 valence electrons. The van der Waals surface area contributed by atoms with Gasteiger partial charge in [0.05, 0.1) is 12.1 Å². The largest absolute Gasteiger partial charge is 0.389 e. The predicted octanol–water partition coefficient (Wildman–Crippen LogP) is 1.55. The fourth-order valence-electron chi connectivity index (χ4n) is 4.07. The lowest BCUT2D eigenvalue weighted by Gasteiger charge is -2.34. The molecule has 24 heavy (non-hydrogen) atoms. The fraction of sp³-hybridized carbons (Fsp3) is 0.778. The zero-order valence-corrected chi connectivity index (χ0v) is 14.4. The molecule has 2 N–H and O–H groups in total. The molecule has 0 radical (unpaired) electrons. The van der Waals surface area contributed by atoms with E-state index in [1.807, 2.05) is 16.9 Å². The Bertz CT molecular complexity index is 499. The zero-order chi connectivity index (χ0) is 16.8. The van der Waals surface area contributed by atoms with Gasteiger partial charge in [0.25, 0.3) is 0 Å². The fourth-order valence-corrected chi connectivity index (χ4v) is 4.07. The quantitative estimate of drug-likeness (QED) is 0.775. The molecule has 0 aromatic carbocycles. The highest BCUT2D eigenvalue weighted by Crippen LogP contribution is 2.26. The van der Waals surface area contributed by atoms with Crippen molar-refractivity contribution in [2.45, 2.75) is 76.1 Å². The van der Waals surface area contributed by atoms with Crippen LogP contribution in [0.5, 0.6) is 0 Å². The maximum absolute atomic E-state index is 12.3. The summed E-state index contributed by atoms with van der Waals surface area (Å²) in [5, 5.41) is 18.1. The van der Waals surface area contributed by atoms with E-state index in [1.54, 1.807) is 6.20 Å². The van der Waals surface area contributed by atoms with Gasteiger partial charge in [-0.15, -0.1) is 0 Å². The summed E-state index contributed by atoms with van der Waals surface area (Å²) >= 11 is 0. The van der Waals surface area contributed by atoms with Crippen molar-refractivity contribution in [3.63, 3.8) is 0 Å². The van der Waals surface area contributed by atoms with Crippen LogP contribution in [0.25, 0.3) is 0 Å². The van der Waals surface area contributed by atoms with Crippen molar-refractivity contribution in [3.05, 3.63) is 18.5 Å². The van der Waals surface area contributed by atoms with E-state index in [0.717, 1.165) is 51.7 Å². The number of carbonyl (C=O) groups is 1. The molecular formula is C18H30N4O2. The first-order valence-electron chi connectivity index (χ1n) is 9.43. The van der Waals surface area contributed by atoms with Crippen molar-refractivity contribution in [1.82, 2.24) is 20.0 Å². The maximum Gasteiger partial charge on any atom is 0.220 e. The van der Waals surface area contributed by atoms with Gasteiger partial charge in [-0.1, -0.05) is 12.8 Å². The number of carbonyl (C=O) groups excluding carboxylic acids is 1. The first-order valence-corrected chi connectivity index (χ1v) is 9.43. The Labute approximate surface area is 144 Å². The van der Waals surface area contributed by atoms with Gasteiger partial charge >= 0.3 is 0 Å². The molecular weight excluding hydrogens is 304 g/mol. The topological polar surface area (TPSA) is 70.4 Å². The van der Waals surface area contributed by atoms with E-state index in [1.165, 1.54) is 12.8 Å². The van der Waals surface area contributed by atoms with E-state index < -0.39 is 6.10 Å². The maximum atomic E-state index is 12.3. The standard InChI is InChI=1S/C18H30N4O2/c23-17(9-5-13-22-14-6-10-19-22)20-15-7-1-2-8-16(18(15)24)21-11-3-4-12-21/h6,10,14-16,18,24H,1-5,7-9,11-13H2,(H,20,23)/t15-,16-,18-/m1/s1. The van der Waals surface area contributed by atoms with Crippen LogP contribution in [-0.4, -0.2) is 57.0 Å². The van der Waals surface area contributed by atoms with E-state index in [4.69, 9.17) is 0 Å². The average Bonchev–Trinajstić information content (AvgIpc) is 3.24. The molecule has 1 saturated heterocycles. The third-order valence-corrected chi connectivity index (χ3v) is 5.38. The Kier molecular flexibility index (Phi) is 6.26. The summed E-state index contributed by atoms with van der Waals surface area (Å²) in [6, 6.07) is 2.00. The van der Waals surface area contributed by atoms with E-state index in [-0.39, 0.29) is 18.0 Å². The summed E-state index contributed by atoms with van der Waals surface area (Å²) in [5.41, 5.74) is 0. The molecule has 1 saturated carbocycles. The third kappa shape index (κ3) is 4.57. The molecule has 1 aromatic heterocycles. The molecule has 1 aliphatic carbocycles. The summed E-state index contributed by atoms with van der Waals surface area (Å²) < 4.78 is 1.84. The molecule has 1 aliphatic heterocycles. The average molecular weight is 334 g/mol. The highest BCUT2D eigenvalue weighted by Gasteiger charge is 2.35. The predicted molar refractivity (Wildman–Crippen MR) is 92.5 cm³/mol. The summed E-state index contributed by atoms with van der Waals surface area (Å²) in [6.07, 6.45) is 11.1. The third-order valence-electron chi connectivity index (χ3n) is 5.38. The number of nitrogens with one attached hydrogen (secondary N) is 1. The molecule has 6 heteroatoms. The van der Waals surface area contributed by atoms with Crippen LogP contribution in [0, 0.1) is 0 Å². The molecule has 1 amide bonds. The second-order valence-corrected chi connectivity index (χ2v) is 7.13. The Morgan fingerprint density at radius 1 is 1.21 bits per heavy atom. The van der Waals surface area contributed by atoms with Crippen molar-refractivity contribution in [3.8, 4) is 0 Å². The van der Waals surface area contributed by atoms with Crippen LogP contribution in [0.15, 0.2) is 18.5 Å². The number of nitrogens with zero attached hydrogens (tertiary/aromatic N) is 3. The highest BCUT2D eigenvalue weighted by molar-refractivity contribution is 5.76. The van der Waals surface area contributed by atoms with E-state index in [2.05, 4.69) is 15.3 Å².